The molecule has 0 unspecified atom stereocenters. The van der Waals surface area contributed by atoms with Gasteiger partial charge in [0.1, 0.15) is 5.75 Å². The zero-order valence-electron chi connectivity index (χ0n) is 17.1. The van der Waals surface area contributed by atoms with Crippen molar-refractivity contribution in [2.45, 2.75) is 45.4 Å². The van der Waals surface area contributed by atoms with E-state index in [9.17, 15) is 4.79 Å². The van der Waals surface area contributed by atoms with Crippen LogP contribution in [0.5, 0.6) is 17.2 Å². The minimum absolute atomic E-state index is 0.232. The molecule has 0 saturated heterocycles. The maximum absolute atomic E-state index is 12.4. The second kappa shape index (κ2) is 9.13. The zero-order valence-corrected chi connectivity index (χ0v) is 17.1. The Morgan fingerprint density at radius 3 is 2.29 bits per heavy atom. The number of rotatable bonds is 7. The average Bonchev–Trinajstić information content (AvgIpc) is 3.08. The van der Waals surface area contributed by atoms with Gasteiger partial charge in [0.05, 0.1) is 21.3 Å². The largest absolute Gasteiger partial charge is 0.496 e. The molecule has 6 nitrogen and oxygen atoms in total. The van der Waals surface area contributed by atoms with E-state index in [4.69, 9.17) is 18.9 Å². The Hall–Kier alpha value is -2.50. The fraction of sp³-hybridized carbons (Fsp3) is 0.545. The van der Waals surface area contributed by atoms with Gasteiger partial charge in [0.2, 0.25) is 5.90 Å². The molecule has 0 aromatic heterocycles. The number of nitrogens with zero attached hydrogens (tertiary/aromatic N) is 1. The van der Waals surface area contributed by atoms with Crippen LogP contribution in [-0.4, -0.2) is 33.2 Å². The molecule has 152 valence electrons. The molecule has 0 amide bonds. The van der Waals surface area contributed by atoms with Gasteiger partial charge in [0.25, 0.3) is 0 Å². The van der Waals surface area contributed by atoms with Gasteiger partial charge in [-0.2, -0.15) is 0 Å². The first-order chi connectivity index (χ1) is 13.6. The van der Waals surface area contributed by atoms with Gasteiger partial charge >= 0.3 is 5.97 Å². The second-order valence-corrected chi connectivity index (χ2v) is 7.32. The molecule has 1 fully saturated rings. The number of hydrogen-bond acceptors (Lipinski definition) is 6. The van der Waals surface area contributed by atoms with Crippen LogP contribution in [0.15, 0.2) is 22.8 Å². The van der Waals surface area contributed by atoms with E-state index in [0.717, 1.165) is 18.8 Å². The summed E-state index contributed by atoms with van der Waals surface area (Å²) in [5.41, 5.74) is 0.972. The molecule has 2 aliphatic rings. The van der Waals surface area contributed by atoms with Crippen LogP contribution in [0.1, 0.15) is 51.0 Å². The Morgan fingerprint density at radius 1 is 1.04 bits per heavy atom. The highest BCUT2D eigenvalue weighted by molar-refractivity contribution is 6.08. The van der Waals surface area contributed by atoms with Crippen molar-refractivity contribution in [3.05, 3.63) is 23.4 Å². The average molecular weight is 387 g/mol. The molecule has 0 bridgehead atoms. The van der Waals surface area contributed by atoms with Crippen LogP contribution in [0.25, 0.3) is 6.08 Å². The van der Waals surface area contributed by atoms with Crippen molar-refractivity contribution < 1.29 is 23.7 Å². The van der Waals surface area contributed by atoms with Crippen LogP contribution >= 0.6 is 0 Å². The number of hydrogen-bond donors (Lipinski definition) is 0. The number of methoxy groups -OCH3 is 3. The molecule has 0 atom stereocenters. The van der Waals surface area contributed by atoms with Crippen LogP contribution in [0.3, 0.4) is 0 Å². The lowest BCUT2D eigenvalue weighted by molar-refractivity contribution is -0.130. The van der Waals surface area contributed by atoms with Crippen molar-refractivity contribution in [3.63, 3.8) is 0 Å². The van der Waals surface area contributed by atoms with Crippen molar-refractivity contribution in [2.75, 3.05) is 21.3 Å². The smallest absolute Gasteiger partial charge is 0.363 e. The summed E-state index contributed by atoms with van der Waals surface area (Å²) in [6.45, 7) is 2.23. The highest BCUT2D eigenvalue weighted by Crippen LogP contribution is 2.37. The molecule has 0 N–H and O–H groups in total. The van der Waals surface area contributed by atoms with Crippen LogP contribution in [0, 0.1) is 11.8 Å². The minimum atomic E-state index is -0.414. The molecule has 0 spiro atoms. The van der Waals surface area contributed by atoms with Crippen molar-refractivity contribution in [2.24, 2.45) is 16.8 Å². The third-order valence-corrected chi connectivity index (χ3v) is 5.56. The highest BCUT2D eigenvalue weighted by Gasteiger charge is 2.32. The van der Waals surface area contributed by atoms with Crippen LogP contribution in [0.4, 0.5) is 0 Å². The van der Waals surface area contributed by atoms with E-state index in [1.54, 1.807) is 39.5 Å². The number of benzene rings is 1. The summed E-state index contributed by atoms with van der Waals surface area (Å²) in [6.07, 6.45) is 8.61. The predicted molar refractivity (Wildman–Crippen MR) is 108 cm³/mol. The number of aliphatic imine (C=N–C) groups is 1. The summed E-state index contributed by atoms with van der Waals surface area (Å²) in [6, 6.07) is 3.49. The van der Waals surface area contributed by atoms with E-state index in [1.165, 1.54) is 25.7 Å². The Labute approximate surface area is 166 Å². The van der Waals surface area contributed by atoms with Crippen molar-refractivity contribution in [1.82, 2.24) is 0 Å². The lowest BCUT2D eigenvalue weighted by Crippen LogP contribution is -2.22. The normalized spacial score (nSPS) is 23.4. The fourth-order valence-electron chi connectivity index (χ4n) is 4.02. The molecule has 1 aliphatic carbocycles. The third kappa shape index (κ3) is 4.32. The van der Waals surface area contributed by atoms with Crippen molar-refractivity contribution >= 4 is 17.9 Å². The first kappa shape index (κ1) is 20.2. The van der Waals surface area contributed by atoms with Crippen molar-refractivity contribution in [1.29, 1.82) is 0 Å². The first-order valence-electron chi connectivity index (χ1n) is 9.92. The number of esters is 1. The maximum Gasteiger partial charge on any atom is 0.363 e. The molecule has 1 saturated carbocycles. The van der Waals surface area contributed by atoms with E-state index in [2.05, 4.69) is 11.9 Å². The van der Waals surface area contributed by atoms with Gasteiger partial charge in [-0.1, -0.05) is 19.8 Å². The molecular weight excluding hydrogens is 358 g/mol. The Morgan fingerprint density at radius 2 is 1.68 bits per heavy atom. The number of ether oxygens (including phenoxy) is 4. The van der Waals surface area contributed by atoms with Gasteiger partial charge in [-0.15, -0.1) is 0 Å². The molecule has 1 aromatic carbocycles. The van der Waals surface area contributed by atoms with E-state index in [1.807, 2.05) is 0 Å². The molecule has 0 radical (unpaired) electrons. The molecule has 1 aliphatic heterocycles. The van der Waals surface area contributed by atoms with E-state index in [-0.39, 0.29) is 11.6 Å². The molecule has 1 aromatic rings. The standard InChI is InChI=1S/C22H29NO5/c1-5-6-14-7-9-15(10-8-14)21-23-17(22(24)28-21)11-16-12-19(26-3)20(27-4)13-18(16)25-2/h11-15H,5-10H2,1-4H3. The van der Waals surface area contributed by atoms with Gasteiger partial charge in [-0.05, 0) is 43.7 Å². The van der Waals surface area contributed by atoms with Gasteiger partial charge < -0.3 is 18.9 Å². The number of carbonyl (C=O) groups is 1. The van der Waals surface area contributed by atoms with Gasteiger partial charge in [0, 0.05) is 17.5 Å². The summed E-state index contributed by atoms with van der Waals surface area (Å²) in [5.74, 6) is 2.86. The lowest BCUT2D eigenvalue weighted by atomic mass is 9.80. The quantitative estimate of drug-likeness (QED) is 0.505. The summed E-state index contributed by atoms with van der Waals surface area (Å²) < 4.78 is 21.6. The summed E-state index contributed by atoms with van der Waals surface area (Å²) in [4.78, 5) is 16.9. The van der Waals surface area contributed by atoms with Gasteiger partial charge in [-0.25, -0.2) is 9.79 Å². The lowest BCUT2D eigenvalue weighted by Gasteiger charge is -2.27. The molecule has 6 heteroatoms. The van der Waals surface area contributed by atoms with E-state index in [0.29, 0.717) is 28.7 Å². The SMILES string of the molecule is CCCC1CCC(C2=NC(=Cc3cc(OC)c(OC)cc3OC)C(=O)O2)CC1. The fourth-order valence-corrected chi connectivity index (χ4v) is 4.02. The van der Waals surface area contributed by atoms with Crippen LogP contribution < -0.4 is 14.2 Å². The molecule has 3 rings (SSSR count). The Bertz CT molecular complexity index is 775. The summed E-state index contributed by atoms with van der Waals surface area (Å²) in [7, 11) is 4.70. The topological polar surface area (TPSA) is 66.3 Å². The van der Waals surface area contributed by atoms with E-state index >= 15 is 0 Å². The first-order valence-corrected chi connectivity index (χ1v) is 9.92. The molecule has 28 heavy (non-hydrogen) atoms. The van der Waals surface area contributed by atoms with Gasteiger partial charge in [0.15, 0.2) is 17.2 Å². The van der Waals surface area contributed by atoms with Crippen molar-refractivity contribution in [3.8, 4) is 17.2 Å². The maximum atomic E-state index is 12.4. The summed E-state index contributed by atoms with van der Waals surface area (Å²) in [5, 5.41) is 0. The molecular formula is C22H29NO5. The minimum Gasteiger partial charge on any atom is -0.496 e. The number of carbonyl (C=O) groups excluding carboxylic acids is 1. The third-order valence-electron chi connectivity index (χ3n) is 5.56. The van der Waals surface area contributed by atoms with Crippen LogP contribution in [-0.2, 0) is 9.53 Å². The second-order valence-electron chi connectivity index (χ2n) is 7.32. The van der Waals surface area contributed by atoms with Gasteiger partial charge in [-0.3, -0.25) is 0 Å². The van der Waals surface area contributed by atoms with E-state index < -0.39 is 5.97 Å². The highest BCUT2D eigenvalue weighted by atomic mass is 16.6. The predicted octanol–water partition coefficient (Wildman–Crippen LogP) is 4.62. The number of cyclic esters (lactones) is 1. The Balaban J connectivity index is 1.82. The molecule has 1 heterocycles. The summed E-state index contributed by atoms with van der Waals surface area (Å²) >= 11 is 0. The zero-order chi connectivity index (χ0) is 20.1. The Kier molecular flexibility index (Phi) is 6.60. The monoisotopic (exact) mass is 387 g/mol. The van der Waals surface area contributed by atoms with Crippen LogP contribution in [0.2, 0.25) is 0 Å².